The molecular formula is C24H29O5. The topological polar surface area (TPSA) is 57.2 Å². The van der Waals surface area contributed by atoms with Crippen LogP contribution in [0.5, 0.6) is 0 Å². The van der Waals surface area contributed by atoms with Crippen LogP contribution < -0.4 is 0 Å². The maximum atomic E-state index is 10.5. The molecule has 0 aromatic heterocycles. The number of hydrogen-bond donors (Lipinski definition) is 1. The highest BCUT2D eigenvalue weighted by Crippen LogP contribution is 2.34. The first kappa shape index (κ1) is 20.5. The van der Waals surface area contributed by atoms with Gasteiger partial charge in [-0.1, -0.05) is 60.7 Å². The zero-order chi connectivity index (χ0) is 20.1. The van der Waals surface area contributed by atoms with Gasteiger partial charge in [-0.2, -0.15) is 0 Å². The Balaban J connectivity index is 1.28. The van der Waals surface area contributed by atoms with Gasteiger partial charge in [0.1, 0.15) is 18.3 Å². The molecule has 2 saturated heterocycles. The maximum Gasteiger partial charge on any atom is 0.115 e. The zero-order valence-electron chi connectivity index (χ0n) is 16.6. The molecule has 0 bridgehead atoms. The van der Waals surface area contributed by atoms with Gasteiger partial charge in [0.2, 0.25) is 0 Å². The summed E-state index contributed by atoms with van der Waals surface area (Å²) < 4.78 is 24.0. The maximum absolute atomic E-state index is 10.5. The lowest BCUT2D eigenvalue weighted by Crippen LogP contribution is -2.41. The molecule has 0 spiro atoms. The first-order valence-electron chi connectivity index (χ1n) is 10.3. The van der Waals surface area contributed by atoms with E-state index in [1.807, 2.05) is 48.5 Å². The molecule has 5 heteroatoms. The SMILES string of the molecule is [CH2][C@@H]1O[C@H]([C@@H]2CC[C@@H](COCc3ccccc3)O2)[C@H](OCc2ccccc2)[C@H]1O. The molecule has 1 N–H and O–H groups in total. The van der Waals surface area contributed by atoms with Gasteiger partial charge in [0, 0.05) is 0 Å². The van der Waals surface area contributed by atoms with E-state index in [1.54, 1.807) is 0 Å². The van der Waals surface area contributed by atoms with E-state index >= 15 is 0 Å². The minimum absolute atomic E-state index is 0.0306. The summed E-state index contributed by atoms with van der Waals surface area (Å²) in [5.74, 6) is 0. The lowest BCUT2D eigenvalue weighted by molar-refractivity contribution is -0.115. The van der Waals surface area contributed by atoms with Gasteiger partial charge in [-0.15, -0.1) is 0 Å². The Kier molecular flexibility index (Phi) is 6.95. The van der Waals surface area contributed by atoms with Gasteiger partial charge in [-0.25, -0.2) is 0 Å². The van der Waals surface area contributed by atoms with Crippen LogP contribution in [-0.4, -0.2) is 48.3 Å². The Morgan fingerprint density at radius 1 is 0.897 bits per heavy atom. The standard InChI is InChI=1S/C24H29O5/c1-17-22(25)24(27-15-19-10-6-3-7-11-19)23(28-17)21-13-12-20(29-21)16-26-14-18-8-4-2-5-9-18/h2-11,17,20-25H,1,12-16H2/t17-,20-,21-,22-,23+,24+/m0/s1. The molecule has 2 fully saturated rings. The van der Waals surface area contributed by atoms with Crippen molar-refractivity contribution in [3.63, 3.8) is 0 Å². The summed E-state index contributed by atoms with van der Waals surface area (Å²) in [6.07, 6.45) is -0.386. The van der Waals surface area contributed by atoms with E-state index in [1.165, 1.54) is 0 Å². The van der Waals surface area contributed by atoms with Crippen LogP contribution in [0.25, 0.3) is 0 Å². The minimum Gasteiger partial charge on any atom is -0.388 e. The second-order valence-electron chi connectivity index (χ2n) is 7.77. The van der Waals surface area contributed by atoms with E-state index in [9.17, 15) is 5.11 Å². The third kappa shape index (κ3) is 5.24. The van der Waals surface area contributed by atoms with Gasteiger partial charge in [-0.05, 0) is 30.9 Å². The molecule has 1 radical (unpaired) electrons. The number of hydrogen-bond acceptors (Lipinski definition) is 5. The summed E-state index contributed by atoms with van der Waals surface area (Å²) in [6, 6.07) is 20.0. The third-order valence-electron chi connectivity index (χ3n) is 5.58. The average Bonchev–Trinajstić information content (AvgIpc) is 3.33. The number of ether oxygens (including phenoxy) is 4. The van der Waals surface area contributed by atoms with Crippen molar-refractivity contribution in [2.24, 2.45) is 0 Å². The number of aliphatic hydroxyl groups is 1. The van der Waals surface area contributed by atoms with Crippen molar-refractivity contribution >= 4 is 0 Å². The molecule has 5 nitrogen and oxygen atoms in total. The van der Waals surface area contributed by atoms with E-state index < -0.39 is 18.3 Å². The third-order valence-corrected chi connectivity index (χ3v) is 5.58. The molecule has 2 aromatic carbocycles. The summed E-state index contributed by atoms with van der Waals surface area (Å²) in [7, 11) is 0. The Bertz CT molecular complexity index is 737. The van der Waals surface area contributed by atoms with Crippen molar-refractivity contribution in [1.29, 1.82) is 0 Å². The molecule has 0 unspecified atom stereocenters. The van der Waals surface area contributed by atoms with Crippen molar-refractivity contribution in [3.05, 3.63) is 78.7 Å². The van der Waals surface area contributed by atoms with Crippen LogP contribution in [0, 0.1) is 6.92 Å². The summed E-state index contributed by atoms with van der Waals surface area (Å²) >= 11 is 0. The van der Waals surface area contributed by atoms with Crippen LogP contribution in [0.4, 0.5) is 0 Å². The Hall–Kier alpha value is -1.76. The monoisotopic (exact) mass is 397 g/mol. The van der Waals surface area contributed by atoms with Crippen molar-refractivity contribution < 1.29 is 24.1 Å². The van der Waals surface area contributed by atoms with Gasteiger partial charge >= 0.3 is 0 Å². The van der Waals surface area contributed by atoms with E-state index in [0.717, 1.165) is 24.0 Å². The minimum atomic E-state index is -0.763. The molecule has 0 aliphatic carbocycles. The fraction of sp³-hybridized carbons (Fsp3) is 0.458. The van der Waals surface area contributed by atoms with Crippen LogP contribution >= 0.6 is 0 Å². The lowest BCUT2D eigenvalue weighted by atomic mass is 10.0. The van der Waals surface area contributed by atoms with Crippen LogP contribution in [0.3, 0.4) is 0 Å². The van der Waals surface area contributed by atoms with Crippen LogP contribution in [0.15, 0.2) is 60.7 Å². The summed E-state index contributed by atoms with van der Waals surface area (Å²) in [5.41, 5.74) is 2.21. The quantitative estimate of drug-likeness (QED) is 0.741. The molecule has 29 heavy (non-hydrogen) atoms. The van der Waals surface area contributed by atoms with E-state index in [2.05, 4.69) is 19.1 Å². The second-order valence-corrected chi connectivity index (χ2v) is 7.77. The average molecular weight is 397 g/mol. The number of benzene rings is 2. The largest absolute Gasteiger partial charge is 0.388 e. The molecule has 2 aromatic rings. The van der Waals surface area contributed by atoms with Crippen LogP contribution in [0.2, 0.25) is 0 Å². The van der Waals surface area contributed by atoms with E-state index in [-0.39, 0.29) is 18.3 Å². The van der Waals surface area contributed by atoms with Gasteiger partial charge < -0.3 is 24.1 Å². The van der Waals surface area contributed by atoms with Gasteiger partial charge in [0.25, 0.3) is 0 Å². The van der Waals surface area contributed by atoms with Crippen molar-refractivity contribution in [1.82, 2.24) is 0 Å². The molecular weight excluding hydrogens is 368 g/mol. The highest BCUT2D eigenvalue weighted by atomic mass is 16.6. The van der Waals surface area contributed by atoms with E-state index in [4.69, 9.17) is 18.9 Å². The number of aliphatic hydroxyl groups excluding tert-OH is 1. The smallest absolute Gasteiger partial charge is 0.115 e. The first-order chi connectivity index (χ1) is 14.2. The molecule has 4 rings (SSSR count). The fourth-order valence-corrected chi connectivity index (χ4v) is 4.01. The predicted molar refractivity (Wildman–Crippen MR) is 109 cm³/mol. The van der Waals surface area contributed by atoms with E-state index in [0.29, 0.717) is 19.8 Å². The molecule has 2 aliphatic heterocycles. The number of rotatable bonds is 8. The fourth-order valence-electron chi connectivity index (χ4n) is 4.01. The van der Waals surface area contributed by atoms with Crippen LogP contribution in [0.1, 0.15) is 24.0 Å². The highest BCUT2D eigenvalue weighted by Gasteiger charge is 2.48. The predicted octanol–water partition coefficient (Wildman–Crippen LogP) is 3.30. The Morgan fingerprint density at radius 2 is 1.55 bits per heavy atom. The molecule has 155 valence electrons. The molecule has 0 saturated carbocycles. The molecule has 6 atom stereocenters. The second kappa shape index (κ2) is 9.83. The molecule has 0 amide bonds. The lowest BCUT2D eigenvalue weighted by Gasteiger charge is -2.26. The van der Waals surface area contributed by atoms with Crippen LogP contribution in [-0.2, 0) is 32.2 Å². The summed E-state index contributed by atoms with van der Waals surface area (Å²) in [6.45, 7) is 5.46. The van der Waals surface area contributed by atoms with Gasteiger partial charge in [0.15, 0.2) is 0 Å². The summed E-state index contributed by atoms with van der Waals surface area (Å²) in [4.78, 5) is 0. The first-order valence-corrected chi connectivity index (χ1v) is 10.3. The zero-order valence-corrected chi connectivity index (χ0v) is 16.6. The van der Waals surface area contributed by atoms with Gasteiger partial charge in [-0.3, -0.25) is 0 Å². The molecule has 2 heterocycles. The van der Waals surface area contributed by atoms with Gasteiger partial charge in [0.05, 0.1) is 38.1 Å². The van der Waals surface area contributed by atoms with Crippen molar-refractivity contribution in [2.45, 2.75) is 62.7 Å². The Morgan fingerprint density at radius 3 is 2.24 bits per heavy atom. The highest BCUT2D eigenvalue weighted by molar-refractivity contribution is 5.14. The normalized spacial score (nSPS) is 31.9. The van der Waals surface area contributed by atoms with Crippen molar-refractivity contribution in [2.75, 3.05) is 6.61 Å². The Labute approximate surface area is 172 Å². The molecule has 2 aliphatic rings. The van der Waals surface area contributed by atoms with Crippen molar-refractivity contribution in [3.8, 4) is 0 Å². The summed E-state index contributed by atoms with van der Waals surface area (Å²) in [5, 5.41) is 10.5.